The zero-order chi connectivity index (χ0) is 19.8. The van der Waals surface area contributed by atoms with E-state index >= 15 is 0 Å². The van der Waals surface area contributed by atoms with E-state index in [4.69, 9.17) is 4.74 Å². The molecule has 0 radical (unpaired) electrons. The van der Waals surface area contributed by atoms with Crippen LogP contribution in [-0.4, -0.2) is 34.4 Å². The van der Waals surface area contributed by atoms with Crippen molar-refractivity contribution in [3.63, 3.8) is 0 Å². The lowest BCUT2D eigenvalue weighted by Crippen LogP contribution is -2.40. The SMILES string of the molecule is COc1ccc(C(=O)N2CCc3c([nH]c4ccccc34)[C@H]2c2cccnc2)cc1. The minimum Gasteiger partial charge on any atom is -0.497 e. The quantitative estimate of drug-likeness (QED) is 0.572. The highest BCUT2D eigenvalue weighted by Crippen LogP contribution is 2.38. The van der Waals surface area contributed by atoms with Crippen molar-refractivity contribution in [2.24, 2.45) is 0 Å². The van der Waals surface area contributed by atoms with E-state index in [1.807, 2.05) is 53.6 Å². The molecule has 1 atom stereocenters. The summed E-state index contributed by atoms with van der Waals surface area (Å²) in [6, 6.07) is 19.4. The number of hydrogen-bond donors (Lipinski definition) is 1. The number of carbonyl (C=O) groups excluding carboxylic acids is 1. The zero-order valence-electron chi connectivity index (χ0n) is 16.1. The fourth-order valence-corrected chi connectivity index (χ4v) is 4.24. The fourth-order valence-electron chi connectivity index (χ4n) is 4.24. The van der Waals surface area contributed by atoms with Gasteiger partial charge in [0, 0.05) is 41.1 Å². The number of H-pyrrole nitrogens is 1. The van der Waals surface area contributed by atoms with E-state index in [1.165, 1.54) is 10.9 Å². The topological polar surface area (TPSA) is 58.2 Å². The minimum absolute atomic E-state index is 0.00538. The number of carbonyl (C=O) groups is 1. The third-order valence-electron chi connectivity index (χ3n) is 5.63. The highest BCUT2D eigenvalue weighted by atomic mass is 16.5. The molecule has 0 saturated carbocycles. The van der Waals surface area contributed by atoms with Gasteiger partial charge in [0.25, 0.3) is 5.91 Å². The van der Waals surface area contributed by atoms with Crippen LogP contribution in [0.15, 0.2) is 73.1 Å². The summed E-state index contributed by atoms with van der Waals surface area (Å²) in [5, 5.41) is 1.23. The van der Waals surface area contributed by atoms with Gasteiger partial charge in [-0.25, -0.2) is 0 Å². The second-order valence-corrected chi connectivity index (χ2v) is 7.23. The normalized spacial score (nSPS) is 15.9. The predicted molar refractivity (Wildman–Crippen MR) is 112 cm³/mol. The number of benzene rings is 2. The molecule has 1 N–H and O–H groups in total. The number of rotatable bonds is 3. The molecule has 144 valence electrons. The number of para-hydroxylation sites is 1. The smallest absolute Gasteiger partial charge is 0.254 e. The monoisotopic (exact) mass is 383 g/mol. The first kappa shape index (κ1) is 17.5. The highest BCUT2D eigenvalue weighted by Gasteiger charge is 2.35. The third kappa shape index (κ3) is 2.95. The maximum atomic E-state index is 13.5. The Labute approximate surface area is 169 Å². The van der Waals surface area contributed by atoms with Crippen molar-refractivity contribution in [3.8, 4) is 5.75 Å². The number of amides is 1. The van der Waals surface area contributed by atoms with Gasteiger partial charge in [0.2, 0.25) is 0 Å². The standard InChI is InChI=1S/C24H21N3O2/c1-29-18-10-8-16(9-11-18)24(28)27-14-12-20-19-6-2-3-7-21(19)26-22(20)23(27)17-5-4-13-25-15-17/h2-11,13,15,23,26H,12,14H2,1H3/t23-/m1/s1. The predicted octanol–water partition coefficient (Wildman–Crippen LogP) is 4.36. The van der Waals surface area contributed by atoms with Crippen LogP contribution in [0.3, 0.4) is 0 Å². The summed E-state index contributed by atoms with van der Waals surface area (Å²) < 4.78 is 5.23. The van der Waals surface area contributed by atoms with E-state index in [0.717, 1.165) is 28.9 Å². The largest absolute Gasteiger partial charge is 0.497 e. The molecule has 3 heterocycles. The second kappa shape index (κ2) is 7.09. The van der Waals surface area contributed by atoms with Gasteiger partial charge < -0.3 is 14.6 Å². The molecule has 0 fully saturated rings. The summed E-state index contributed by atoms with van der Waals surface area (Å²) in [5.74, 6) is 0.743. The Morgan fingerprint density at radius 2 is 1.93 bits per heavy atom. The number of aromatic nitrogens is 2. The van der Waals surface area contributed by atoms with Gasteiger partial charge in [0.15, 0.2) is 0 Å². The number of nitrogens with one attached hydrogen (secondary N) is 1. The maximum absolute atomic E-state index is 13.5. The van der Waals surface area contributed by atoms with Gasteiger partial charge in [-0.3, -0.25) is 9.78 Å². The Balaban J connectivity index is 1.62. The summed E-state index contributed by atoms with van der Waals surface area (Å²) >= 11 is 0. The average molecular weight is 383 g/mol. The van der Waals surface area contributed by atoms with Gasteiger partial charge in [-0.2, -0.15) is 0 Å². The molecule has 2 aromatic heterocycles. The first-order chi connectivity index (χ1) is 14.3. The van der Waals surface area contributed by atoms with Gasteiger partial charge in [0.05, 0.1) is 13.2 Å². The zero-order valence-corrected chi connectivity index (χ0v) is 16.1. The van der Waals surface area contributed by atoms with E-state index in [9.17, 15) is 4.79 Å². The van der Waals surface area contributed by atoms with Gasteiger partial charge in [0.1, 0.15) is 5.75 Å². The van der Waals surface area contributed by atoms with Crippen LogP contribution in [0.25, 0.3) is 10.9 Å². The molecule has 0 unspecified atom stereocenters. The fraction of sp³-hybridized carbons (Fsp3) is 0.167. The van der Waals surface area contributed by atoms with Crippen molar-refractivity contribution < 1.29 is 9.53 Å². The Morgan fingerprint density at radius 3 is 2.69 bits per heavy atom. The summed E-state index contributed by atoms with van der Waals surface area (Å²) in [6.45, 7) is 0.652. The van der Waals surface area contributed by atoms with Gasteiger partial charge in [-0.1, -0.05) is 24.3 Å². The van der Waals surface area contributed by atoms with Gasteiger partial charge in [-0.15, -0.1) is 0 Å². The molecule has 0 bridgehead atoms. The van der Waals surface area contributed by atoms with E-state index in [0.29, 0.717) is 12.1 Å². The molecule has 0 aliphatic carbocycles. The van der Waals surface area contributed by atoms with E-state index < -0.39 is 0 Å². The van der Waals surface area contributed by atoms with Crippen molar-refractivity contribution in [3.05, 3.63) is 95.4 Å². The Kier molecular flexibility index (Phi) is 4.28. The third-order valence-corrected chi connectivity index (χ3v) is 5.63. The minimum atomic E-state index is -0.200. The molecule has 1 aliphatic heterocycles. The van der Waals surface area contributed by atoms with Gasteiger partial charge >= 0.3 is 0 Å². The second-order valence-electron chi connectivity index (χ2n) is 7.23. The number of pyridine rings is 1. The summed E-state index contributed by atoms with van der Waals surface area (Å²) in [7, 11) is 1.62. The summed E-state index contributed by atoms with van der Waals surface area (Å²) in [5.41, 5.74) is 5.12. The molecule has 5 heteroatoms. The van der Waals surface area contributed by atoms with Crippen LogP contribution in [0.1, 0.15) is 33.2 Å². The van der Waals surface area contributed by atoms with Crippen molar-refractivity contribution in [2.45, 2.75) is 12.5 Å². The average Bonchev–Trinajstić information content (AvgIpc) is 3.17. The van der Waals surface area contributed by atoms with E-state index in [2.05, 4.69) is 28.2 Å². The number of hydrogen-bond acceptors (Lipinski definition) is 3. The molecular weight excluding hydrogens is 362 g/mol. The molecule has 1 amide bonds. The first-order valence-electron chi connectivity index (χ1n) is 9.70. The van der Waals surface area contributed by atoms with Crippen molar-refractivity contribution in [1.82, 2.24) is 14.9 Å². The molecule has 2 aromatic carbocycles. The lowest BCUT2D eigenvalue weighted by molar-refractivity contribution is 0.0691. The van der Waals surface area contributed by atoms with Crippen LogP contribution in [0.5, 0.6) is 5.75 Å². The summed E-state index contributed by atoms with van der Waals surface area (Å²) in [4.78, 5) is 23.3. The number of nitrogens with zero attached hydrogens (tertiary/aromatic N) is 2. The maximum Gasteiger partial charge on any atom is 0.254 e. The van der Waals surface area contributed by atoms with Crippen molar-refractivity contribution >= 4 is 16.8 Å². The molecule has 5 nitrogen and oxygen atoms in total. The van der Waals surface area contributed by atoms with Crippen LogP contribution in [0.2, 0.25) is 0 Å². The van der Waals surface area contributed by atoms with Crippen LogP contribution >= 0.6 is 0 Å². The Hall–Kier alpha value is -3.60. The van der Waals surface area contributed by atoms with Crippen LogP contribution in [0.4, 0.5) is 0 Å². The van der Waals surface area contributed by atoms with Crippen molar-refractivity contribution in [2.75, 3.05) is 13.7 Å². The van der Waals surface area contributed by atoms with Crippen LogP contribution in [-0.2, 0) is 6.42 Å². The Morgan fingerprint density at radius 1 is 1.10 bits per heavy atom. The Bertz CT molecular complexity index is 1170. The molecule has 1 aliphatic rings. The molecule has 0 spiro atoms. The lowest BCUT2D eigenvalue weighted by atomic mass is 9.92. The van der Waals surface area contributed by atoms with Crippen molar-refractivity contribution in [1.29, 1.82) is 0 Å². The van der Waals surface area contributed by atoms with E-state index in [-0.39, 0.29) is 11.9 Å². The molecule has 5 rings (SSSR count). The lowest BCUT2D eigenvalue weighted by Gasteiger charge is -2.36. The number of ether oxygens (including phenoxy) is 1. The molecule has 29 heavy (non-hydrogen) atoms. The number of methoxy groups -OCH3 is 1. The highest BCUT2D eigenvalue weighted by molar-refractivity contribution is 5.95. The molecule has 4 aromatic rings. The van der Waals surface area contributed by atoms with Crippen LogP contribution in [0, 0.1) is 0 Å². The first-order valence-corrected chi connectivity index (χ1v) is 9.70. The van der Waals surface area contributed by atoms with Crippen LogP contribution < -0.4 is 4.74 Å². The van der Waals surface area contributed by atoms with Gasteiger partial charge in [-0.05, 0) is 53.9 Å². The number of aromatic amines is 1. The molecule has 0 saturated heterocycles. The molecular formula is C24H21N3O2. The van der Waals surface area contributed by atoms with E-state index in [1.54, 1.807) is 13.3 Å². The summed E-state index contributed by atoms with van der Waals surface area (Å²) in [6.07, 6.45) is 4.42. The number of fused-ring (bicyclic) bond motifs is 3.